The molecule has 0 spiro atoms. The minimum Gasteiger partial charge on any atom is -0.378 e. The Kier molecular flexibility index (Phi) is 9.55. The smallest absolute Gasteiger partial charge is 0.0642 e. The second kappa shape index (κ2) is 10.2. The van der Waals surface area contributed by atoms with Gasteiger partial charge in [-0.25, -0.2) is 0 Å². The van der Waals surface area contributed by atoms with Crippen LogP contribution in [0.3, 0.4) is 0 Å². The third-order valence-corrected chi connectivity index (χ3v) is 2.68. The van der Waals surface area contributed by atoms with Crippen LogP contribution in [0.4, 0.5) is 0 Å². The van der Waals surface area contributed by atoms with Crippen LogP contribution in [0.15, 0.2) is 36.1 Å². The fraction of sp³-hybridized carbons (Fsp3) is 0.600. The zero-order valence-electron chi connectivity index (χ0n) is 11.8. The van der Waals surface area contributed by atoms with Crippen LogP contribution >= 0.6 is 0 Å². The van der Waals surface area contributed by atoms with E-state index >= 15 is 0 Å². The third kappa shape index (κ3) is 5.73. The van der Waals surface area contributed by atoms with Gasteiger partial charge in [0.1, 0.15) is 0 Å². The highest BCUT2D eigenvalue weighted by molar-refractivity contribution is 5.28. The van der Waals surface area contributed by atoms with Crippen molar-refractivity contribution in [1.29, 1.82) is 0 Å². The highest BCUT2D eigenvalue weighted by atomic mass is 16.5. The molecule has 0 aliphatic carbocycles. The van der Waals surface area contributed by atoms with Crippen LogP contribution in [0, 0.1) is 0 Å². The van der Waals surface area contributed by atoms with E-state index in [9.17, 15) is 0 Å². The molecule has 0 atom stereocenters. The van der Waals surface area contributed by atoms with Gasteiger partial charge in [0.15, 0.2) is 0 Å². The molecule has 0 bridgehead atoms. The summed E-state index contributed by atoms with van der Waals surface area (Å²) in [6.07, 6.45) is 7.35. The first-order chi connectivity index (χ1) is 8.31. The standard InChI is InChI=1S/C13H21NO.C2H6/c1-4-12(5-2)11-13(6-3)14-7-9-15-10-8-14;1-2/h4,6,11H,1,5,7-10H2,2-3H3;1-2H3/b12-11+,13-6+;. The van der Waals surface area contributed by atoms with Crippen molar-refractivity contribution in [1.82, 2.24) is 4.90 Å². The maximum Gasteiger partial charge on any atom is 0.0642 e. The lowest BCUT2D eigenvalue weighted by atomic mass is 10.1. The Hall–Kier alpha value is -1.02. The summed E-state index contributed by atoms with van der Waals surface area (Å²) in [6, 6.07) is 0. The SMILES string of the molecule is C=C/C(=C\C(=C/C)N1CCOCC1)CC.CC. The van der Waals surface area contributed by atoms with Gasteiger partial charge in [0, 0.05) is 18.8 Å². The van der Waals surface area contributed by atoms with Gasteiger partial charge < -0.3 is 9.64 Å². The molecule has 0 saturated carbocycles. The molecule has 1 heterocycles. The molecule has 17 heavy (non-hydrogen) atoms. The van der Waals surface area contributed by atoms with E-state index in [1.807, 2.05) is 19.9 Å². The molecule has 1 aliphatic rings. The number of rotatable bonds is 4. The molecule has 0 N–H and O–H groups in total. The van der Waals surface area contributed by atoms with Gasteiger partial charge >= 0.3 is 0 Å². The summed E-state index contributed by atoms with van der Waals surface area (Å²) in [5.41, 5.74) is 2.57. The normalized spacial score (nSPS) is 17.3. The number of morpholine rings is 1. The summed E-state index contributed by atoms with van der Waals surface area (Å²) in [5.74, 6) is 0. The van der Waals surface area contributed by atoms with Gasteiger partial charge in [-0.1, -0.05) is 39.5 Å². The van der Waals surface area contributed by atoms with E-state index in [4.69, 9.17) is 4.74 Å². The van der Waals surface area contributed by atoms with E-state index < -0.39 is 0 Å². The molecule has 0 unspecified atom stereocenters. The van der Waals surface area contributed by atoms with E-state index in [1.54, 1.807) is 0 Å². The van der Waals surface area contributed by atoms with Crippen molar-refractivity contribution in [3.63, 3.8) is 0 Å². The predicted molar refractivity (Wildman–Crippen MR) is 76.1 cm³/mol. The van der Waals surface area contributed by atoms with E-state index in [2.05, 4.69) is 37.5 Å². The Morgan fingerprint density at radius 1 is 1.29 bits per heavy atom. The number of nitrogens with zero attached hydrogens (tertiary/aromatic N) is 1. The summed E-state index contributed by atoms with van der Waals surface area (Å²) in [6.45, 7) is 15.7. The van der Waals surface area contributed by atoms with Crippen LogP contribution in [0.25, 0.3) is 0 Å². The fourth-order valence-electron chi connectivity index (χ4n) is 1.67. The Bertz CT molecular complexity index is 260. The van der Waals surface area contributed by atoms with Gasteiger partial charge in [0.25, 0.3) is 0 Å². The van der Waals surface area contributed by atoms with Crippen molar-refractivity contribution >= 4 is 0 Å². The fourth-order valence-corrected chi connectivity index (χ4v) is 1.67. The van der Waals surface area contributed by atoms with Crippen LogP contribution in [0.2, 0.25) is 0 Å². The monoisotopic (exact) mass is 237 g/mol. The molecule has 2 nitrogen and oxygen atoms in total. The second-order valence-corrected chi connectivity index (χ2v) is 3.59. The molecule has 98 valence electrons. The zero-order valence-corrected chi connectivity index (χ0v) is 11.8. The van der Waals surface area contributed by atoms with Gasteiger partial charge in [-0.3, -0.25) is 0 Å². The van der Waals surface area contributed by atoms with Gasteiger partial charge in [-0.2, -0.15) is 0 Å². The van der Waals surface area contributed by atoms with Crippen LogP contribution in [0.1, 0.15) is 34.1 Å². The third-order valence-electron chi connectivity index (χ3n) is 2.68. The first-order valence-corrected chi connectivity index (χ1v) is 6.63. The minimum absolute atomic E-state index is 0.834. The molecule has 1 rings (SSSR count). The number of hydrogen-bond acceptors (Lipinski definition) is 2. The zero-order chi connectivity index (χ0) is 13.1. The summed E-state index contributed by atoms with van der Waals surface area (Å²) >= 11 is 0. The Balaban J connectivity index is 0.00000121. The molecule has 1 fully saturated rings. The quantitative estimate of drug-likeness (QED) is 0.690. The second-order valence-electron chi connectivity index (χ2n) is 3.59. The van der Waals surface area contributed by atoms with Crippen molar-refractivity contribution < 1.29 is 4.74 Å². The van der Waals surface area contributed by atoms with Crippen molar-refractivity contribution in [2.45, 2.75) is 34.1 Å². The molecular weight excluding hydrogens is 210 g/mol. The topological polar surface area (TPSA) is 12.5 Å². The first kappa shape index (κ1) is 16.0. The lowest BCUT2D eigenvalue weighted by molar-refractivity contribution is 0.0553. The molecule has 0 radical (unpaired) electrons. The van der Waals surface area contributed by atoms with E-state index in [1.165, 1.54) is 11.3 Å². The molecule has 0 amide bonds. The maximum absolute atomic E-state index is 5.34. The number of ether oxygens (including phenoxy) is 1. The van der Waals surface area contributed by atoms with Gasteiger partial charge in [-0.15, -0.1) is 0 Å². The average Bonchev–Trinajstić information content (AvgIpc) is 2.43. The first-order valence-electron chi connectivity index (χ1n) is 6.63. The molecule has 0 aromatic heterocycles. The molecule has 1 aliphatic heterocycles. The lowest BCUT2D eigenvalue weighted by Gasteiger charge is -2.30. The molecular formula is C15H27NO. The van der Waals surface area contributed by atoms with E-state index in [0.717, 1.165) is 32.7 Å². The lowest BCUT2D eigenvalue weighted by Crippen LogP contribution is -2.35. The van der Waals surface area contributed by atoms with Crippen LogP contribution < -0.4 is 0 Å². The Labute approximate surface area is 107 Å². The van der Waals surface area contributed by atoms with Crippen molar-refractivity contribution in [3.05, 3.63) is 36.1 Å². The van der Waals surface area contributed by atoms with Crippen molar-refractivity contribution in [3.8, 4) is 0 Å². The summed E-state index contributed by atoms with van der Waals surface area (Å²) in [5, 5.41) is 0. The van der Waals surface area contributed by atoms with E-state index in [-0.39, 0.29) is 0 Å². The Morgan fingerprint density at radius 3 is 2.29 bits per heavy atom. The number of hydrogen-bond donors (Lipinski definition) is 0. The highest BCUT2D eigenvalue weighted by Crippen LogP contribution is 2.13. The predicted octanol–water partition coefficient (Wildman–Crippen LogP) is 3.77. The molecule has 2 heteroatoms. The number of allylic oxidation sites excluding steroid dienone is 4. The molecule has 1 saturated heterocycles. The molecule has 0 aromatic carbocycles. The van der Waals surface area contributed by atoms with E-state index in [0.29, 0.717) is 0 Å². The largest absolute Gasteiger partial charge is 0.378 e. The summed E-state index contributed by atoms with van der Waals surface area (Å²) in [4.78, 5) is 2.36. The van der Waals surface area contributed by atoms with Crippen molar-refractivity contribution in [2.24, 2.45) is 0 Å². The van der Waals surface area contributed by atoms with Crippen LogP contribution in [-0.4, -0.2) is 31.2 Å². The van der Waals surface area contributed by atoms with Gasteiger partial charge in [0.2, 0.25) is 0 Å². The van der Waals surface area contributed by atoms with Gasteiger partial charge in [0.05, 0.1) is 13.2 Å². The van der Waals surface area contributed by atoms with Crippen LogP contribution in [0.5, 0.6) is 0 Å². The van der Waals surface area contributed by atoms with Crippen molar-refractivity contribution in [2.75, 3.05) is 26.3 Å². The minimum atomic E-state index is 0.834. The Morgan fingerprint density at radius 2 is 1.88 bits per heavy atom. The molecule has 0 aromatic rings. The maximum atomic E-state index is 5.34. The van der Waals surface area contributed by atoms with Gasteiger partial charge in [-0.05, 0) is 25.0 Å². The highest BCUT2D eigenvalue weighted by Gasteiger charge is 2.11. The average molecular weight is 237 g/mol. The van der Waals surface area contributed by atoms with Crippen LogP contribution in [-0.2, 0) is 4.74 Å². The summed E-state index contributed by atoms with van der Waals surface area (Å²) < 4.78 is 5.34. The summed E-state index contributed by atoms with van der Waals surface area (Å²) in [7, 11) is 0.